The second-order valence-corrected chi connectivity index (χ2v) is 6.14. The van der Waals surface area contributed by atoms with Crippen molar-refractivity contribution in [2.24, 2.45) is 4.99 Å². The summed E-state index contributed by atoms with van der Waals surface area (Å²) < 4.78 is 11.3. The molecule has 0 spiro atoms. The van der Waals surface area contributed by atoms with Gasteiger partial charge in [-0.25, -0.2) is 4.99 Å². The van der Waals surface area contributed by atoms with E-state index in [4.69, 9.17) is 9.47 Å². The first-order chi connectivity index (χ1) is 11.0. The minimum Gasteiger partial charge on any atom is -0.488 e. The van der Waals surface area contributed by atoms with Crippen LogP contribution >= 0.6 is 0 Å². The van der Waals surface area contributed by atoms with E-state index in [0.29, 0.717) is 13.2 Å². The highest BCUT2D eigenvalue weighted by atomic mass is 16.5. The largest absolute Gasteiger partial charge is 0.488 e. The Kier molecular flexibility index (Phi) is 8.48. The number of aliphatic imine (C=N–C) groups is 1. The van der Waals surface area contributed by atoms with Crippen molar-refractivity contribution in [3.05, 3.63) is 29.8 Å². The van der Waals surface area contributed by atoms with Crippen molar-refractivity contribution >= 4 is 5.96 Å². The van der Waals surface area contributed by atoms with E-state index in [1.165, 1.54) is 0 Å². The molecule has 130 valence electrons. The van der Waals surface area contributed by atoms with Gasteiger partial charge in [-0.05, 0) is 40.7 Å². The molecule has 0 saturated carbocycles. The van der Waals surface area contributed by atoms with E-state index in [1.54, 1.807) is 0 Å². The summed E-state index contributed by atoms with van der Waals surface area (Å²) in [6.45, 7) is 13.7. The Hall–Kier alpha value is -1.75. The second-order valence-electron chi connectivity index (χ2n) is 6.14. The maximum atomic E-state index is 6.01. The lowest BCUT2D eigenvalue weighted by Crippen LogP contribution is -2.39. The quantitative estimate of drug-likeness (QED) is 0.439. The Labute approximate surface area is 140 Å². The van der Waals surface area contributed by atoms with Crippen molar-refractivity contribution in [2.45, 2.75) is 46.8 Å². The van der Waals surface area contributed by atoms with Crippen molar-refractivity contribution in [2.75, 3.05) is 26.3 Å². The molecule has 0 saturated heterocycles. The highest BCUT2D eigenvalue weighted by Gasteiger charge is 2.14. The van der Waals surface area contributed by atoms with Gasteiger partial charge >= 0.3 is 0 Å². The molecule has 2 N–H and O–H groups in total. The summed E-state index contributed by atoms with van der Waals surface area (Å²) in [5.41, 5.74) is 0.851. The Morgan fingerprint density at radius 2 is 1.87 bits per heavy atom. The van der Waals surface area contributed by atoms with Gasteiger partial charge in [0.1, 0.15) is 11.4 Å². The van der Waals surface area contributed by atoms with Crippen molar-refractivity contribution < 1.29 is 9.47 Å². The molecule has 0 aliphatic heterocycles. The Morgan fingerprint density at radius 1 is 1.13 bits per heavy atom. The number of hydrogen-bond acceptors (Lipinski definition) is 3. The normalized spacial score (nSPS) is 12.1. The molecule has 0 bridgehead atoms. The molecule has 0 aliphatic carbocycles. The standard InChI is InChI=1S/C18H31N3O2/c1-6-19-17(20-12-13-22-7-2)21-14-15-10-8-9-11-16(15)23-18(3,4)5/h8-11H,6-7,12-14H2,1-5H3,(H2,19,20,21). The zero-order chi connectivity index (χ0) is 17.1. The molecule has 0 aromatic heterocycles. The Balaban J connectivity index is 2.71. The van der Waals surface area contributed by atoms with Gasteiger partial charge < -0.3 is 20.1 Å². The summed E-state index contributed by atoms with van der Waals surface area (Å²) >= 11 is 0. The van der Waals surface area contributed by atoms with Gasteiger partial charge in [0.05, 0.1) is 13.2 Å². The molecule has 0 unspecified atom stereocenters. The highest BCUT2D eigenvalue weighted by Crippen LogP contribution is 2.23. The van der Waals surface area contributed by atoms with E-state index in [9.17, 15) is 0 Å². The first-order valence-corrected chi connectivity index (χ1v) is 8.33. The highest BCUT2D eigenvalue weighted by molar-refractivity contribution is 5.79. The lowest BCUT2D eigenvalue weighted by molar-refractivity contribution is 0.129. The van der Waals surface area contributed by atoms with Crippen molar-refractivity contribution in [1.29, 1.82) is 0 Å². The molecule has 1 rings (SSSR count). The van der Waals surface area contributed by atoms with Crippen LogP contribution in [-0.2, 0) is 11.3 Å². The number of para-hydroxylation sites is 1. The Bertz CT molecular complexity index is 481. The van der Waals surface area contributed by atoms with Crippen LogP contribution in [0.4, 0.5) is 0 Å². The number of nitrogens with one attached hydrogen (secondary N) is 2. The van der Waals surface area contributed by atoms with Gasteiger partial charge in [-0.1, -0.05) is 18.2 Å². The molecule has 5 nitrogen and oxygen atoms in total. The number of hydrogen-bond donors (Lipinski definition) is 2. The minimum atomic E-state index is -0.222. The van der Waals surface area contributed by atoms with E-state index in [0.717, 1.165) is 37.0 Å². The van der Waals surface area contributed by atoms with Crippen LogP contribution in [0.25, 0.3) is 0 Å². The van der Waals surface area contributed by atoms with Gasteiger partial charge in [-0.15, -0.1) is 0 Å². The van der Waals surface area contributed by atoms with Gasteiger partial charge in [0.25, 0.3) is 0 Å². The molecule has 0 aliphatic rings. The third-order valence-corrected chi connectivity index (χ3v) is 2.88. The van der Waals surface area contributed by atoms with E-state index in [-0.39, 0.29) is 5.60 Å². The average Bonchev–Trinajstić information content (AvgIpc) is 2.49. The monoisotopic (exact) mass is 321 g/mol. The molecular weight excluding hydrogens is 290 g/mol. The van der Waals surface area contributed by atoms with E-state index < -0.39 is 0 Å². The van der Waals surface area contributed by atoms with Crippen LogP contribution in [0.2, 0.25) is 0 Å². The third-order valence-electron chi connectivity index (χ3n) is 2.88. The fourth-order valence-electron chi connectivity index (χ4n) is 1.96. The molecule has 23 heavy (non-hydrogen) atoms. The van der Waals surface area contributed by atoms with E-state index in [1.807, 2.05) is 52.0 Å². The second kappa shape index (κ2) is 10.1. The number of rotatable bonds is 8. The first-order valence-electron chi connectivity index (χ1n) is 8.33. The fourth-order valence-corrected chi connectivity index (χ4v) is 1.96. The van der Waals surface area contributed by atoms with Crippen LogP contribution in [0.15, 0.2) is 29.3 Å². The van der Waals surface area contributed by atoms with Crippen LogP contribution in [-0.4, -0.2) is 37.9 Å². The predicted octanol–water partition coefficient (Wildman–Crippen LogP) is 2.96. The number of benzene rings is 1. The van der Waals surface area contributed by atoms with Gasteiger partial charge in [0, 0.05) is 25.3 Å². The topological polar surface area (TPSA) is 54.9 Å². The molecule has 0 atom stereocenters. The zero-order valence-electron chi connectivity index (χ0n) is 15.1. The predicted molar refractivity (Wildman–Crippen MR) is 96.1 cm³/mol. The maximum Gasteiger partial charge on any atom is 0.191 e. The van der Waals surface area contributed by atoms with Crippen molar-refractivity contribution in [1.82, 2.24) is 10.6 Å². The van der Waals surface area contributed by atoms with Crippen LogP contribution in [0.1, 0.15) is 40.2 Å². The van der Waals surface area contributed by atoms with Crippen LogP contribution in [0.3, 0.4) is 0 Å². The molecule has 1 aromatic carbocycles. The van der Waals surface area contributed by atoms with Gasteiger partial charge in [-0.3, -0.25) is 0 Å². The van der Waals surface area contributed by atoms with E-state index in [2.05, 4.69) is 22.5 Å². The zero-order valence-corrected chi connectivity index (χ0v) is 15.1. The minimum absolute atomic E-state index is 0.222. The number of ether oxygens (including phenoxy) is 2. The first kappa shape index (κ1) is 19.3. The summed E-state index contributed by atoms with van der Waals surface area (Å²) in [6.07, 6.45) is 0. The summed E-state index contributed by atoms with van der Waals surface area (Å²) in [5, 5.41) is 6.51. The lowest BCUT2D eigenvalue weighted by atomic mass is 10.1. The van der Waals surface area contributed by atoms with Crippen molar-refractivity contribution in [3.63, 3.8) is 0 Å². The van der Waals surface area contributed by atoms with Crippen LogP contribution < -0.4 is 15.4 Å². The number of guanidine groups is 1. The maximum absolute atomic E-state index is 6.01. The van der Waals surface area contributed by atoms with Crippen LogP contribution in [0.5, 0.6) is 5.75 Å². The molecule has 5 heteroatoms. The lowest BCUT2D eigenvalue weighted by Gasteiger charge is -2.23. The van der Waals surface area contributed by atoms with Crippen LogP contribution in [0, 0.1) is 0 Å². The van der Waals surface area contributed by atoms with Gasteiger partial charge in [0.2, 0.25) is 0 Å². The summed E-state index contributed by atoms with van der Waals surface area (Å²) in [4.78, 5) is 4.63. The average molecular weight is 321 g/mol. The molecule has 0 heterocycles. The third kappa shape index (κ3) is 8.45. The summed E-state index contributed by atoms with van der Waals surface area (Å²) in [7, 11) is 0. The molecule has 1 aromatic rings. The van der Waals surface area contributed by atoms with Crippen molar-refractivity contribution in [3.8, 4) is 5.75 Å². The SMILES string of the molecule is CCNC(=NCc1ccccc1OC(C)(C)C)NCCOCC. The Morgan fingerprint density at radius 3 is 2.52 bits per heavy atom. The van der Waals surface area contributed by atoms with Gasteiger partial charge in [-0.2, -0.15) is 0 Å². The van der Waals surface area contributed by atoms with Gasteiger partial charge in [0.15, 0.2) is 5.96 Å². The molecule has 0 amide bonds. The molecule has 0 radical (unpaired) electrons. The number of nitrogens with zero attached hydrogens (tertiary/aromatic N) is 1. The smallest absolute Gasteiger partial charge is 0.191 e. The molecular formula is C18H31N3O2. The summed E-state index contributed by atoms with van der Waals surface area (Å²) in [5.74, 6) is 1.67. The molecule has 0 fully saturated rings. The summed E-state index contributed by atoms with van der Waals surface area (Å²) in [6, 6.07) is 8.04. The van der Waals surface area contributed by atoms with E-state index >= 15 is 0 Å². The fraction of sp³-hybridized carbons (Fsp3) is 0.611.